The van der Waals surface area contributed by atoms with Gasteiger partial charge in [-0.05, 0) is 59.2 Å². The highest BCUT2D eigenvalue weighted by Gasteiger charge is 2.10. The van der Waals surface area contributed by atoms with Crippen LogP contribution < -0.4 is 0 Å². The molecule has 2 rings (SSSR count). The van der Waals surface area contributed by atoms with Crippen molar-refractivity contribution in [3.63, 3.8) is 0 Å². The number of unbranched alkanes of at least 4 members (excludes halogenated alkanes) is 1. The molecule has 1 aliphatic rings. The molecule has 2 heterocycles. The van der Waals surface area contributed by atoms with Crippen molar-refractivity contribution in [2.45, 2.75) is 46.1 Å². The van der Waals surface area contributed by atoms with Crippen molar-refractivity contribution in [2.24, 2.45) is 0 Å². The molecular weight excluding hydrogens is 198 g/mol. The molecule has 0 N–H and O–H groups in total. The average Bonchev–Trinajstić information content (AvgIpc) is 2.88. The van der Waals surface area contributed by atoms with E-state index in [9.17, 15) is 0 Å². The van der Waals surface area contributed by atoms with Crippen LogP contribution in [0, 0.1) is 13.8 Å². The zero-order valence-corrected chi connectivity index (χ0v) is 10.6. The summed E-state index contributed by atoms with van der Waals surface area (Å²) < 4.78 is 2.28. The fourth-order valence-corrected chi connectivity index (χ4v) is 2.39. The second kappa shape index (κ2) is 5.48. The van der Waals surface area contributed by atoms with Gasteiger partial charge in [-0.25, -0.2) is 4.98 Å². The van der Waals surface area contributed by atoms with Crippen molar-refractivity contribution in [3.8, 4) is 0 Å². The van der Waals surface area contributed by atoms with Gasteiger partial charge in [-0.15, -0.1) is 0 Å². The van der Waals surface area contributed by atoms with Gasteiger partial charge in [-0.2, -0.15) is 0 Å². The first-order valence-electron chi connectivity index (χ1n) is 6.48. The Morgan fingerprint density at radius 1 is 1.12 bits per heavy atom. The minimum atomic E-state index is 1.13. The quantitative estimate of drug-likeness (QED) is 0.712. The number of likely N-dealkylation sites (tertiary alicyclic amines) is 1. The molecule has 1 saturated heterocycles. The van der Waals surface area contributed by atoms with E-state index in [0.29, 0.717) is 0 Å². The molecule has 0 unspecified atom stereocenters. The lowest BCUT2D eigenvalue weighted by Crippen LogP contribution is -2.20. The molecule has 1 aliphatic heterocycles. The van der Waals surface area contributed by atoms with Crippen LogP contribution in [0.3, 0.4) is 0 Å². The second-order valence-electron chi connectivity index (χ2n) is 4.86. The Balaban J connectivity index is 1.66. The van der Waals surface area contributed by atoms with Gasteiger partial charge in [0, 0.05) is 12.2 Å². The van der Waals surface area contributed by atoms with Crippen LogP contribution >= 0.6 is 0 Å². The normalized spacial score (nSPS) is 17.1. The highest BCUT2D eigenvalue weighted by molar-refractivity contribution is 5.08. The van der Waals surface area contributed by atoms with Gasteiger partial charge >= 0.3 is 0 Å². The summed E-state index contributed by atoms with van der Waals surface area (Å²) in [6.07, 6.45) is 7.37. The third-order valence-corrected chi connectivity index (χ3v) is 3.67. The number of aromatic nitrogens is 2. The SMILES string of the molecule is Cc1ncn(CCCCN2CCCC2)c1C. The number of hydrogen-bond acceptors (Lipinski definition) is 2. The minimum Gasteiger partial charge on any atom is -0.335 e. The van der Waals surface area contributed by atoms with Gasteiger partial charge in [0.05, 0.1) is 12.0 Å². The number of imidazole rings is 1. The Bertz CT molecular complexity index is 324. The molecule has 3 heteroatoms. The van der Waals surface area contributed by atoms with Gasteiger partial charge in [0.1, 0.15) is 0 Å². The Kier molecular flexibility index (Phi) is 3.99. The first-order chi connectivity index (χ1) is 7.77. The van der Waals surface area contributed by atoms with Crippen molar-refractivity contribution in [2.75, 3.05) is 19.6 Å². The van der Waals surface area contributed by atoms with Gasteiger partial charge in [0.2, 0.25) is 0 Å². The average molecular weight is 221 g/mol. The van der Waals surface area contributed by atoms with Crippen LogP contribution in [0.25, 0.3) is 0 Å². The van der Waals surface area contributed by atoms with Gasteiger partial charge < -0.3 is 9.47 Å². The molecule has 0 atom stereocenters. The van der Waals surface area contributed by atoms with E-state index in [4.69, 9.17) is 0 Å². The number of rotatable bonds is 5. The minimum absolute atomic E-state index is 1.13. The predicted molar refractivity (Wildman–Crippen MR) is 66.6 cm³/mol. The molecule has 0 spiro atoms. The summed E-state index contributed by atoms with van der Waals surface area (Å²) >= 11 is 0. The van der Waals surface area contributed by atoms with E-state index in [1.165, 1.54) is 56.7 Å². The van der Waals surface area contributed by atoms with Crippen LogP contribution in [0.5, 0.6) is 0 Å². The van der Waals surface area contributed by atoms with Crippen LogP contribution in [-0.4, -0.2) is 34.1 Å². The first kappa shape index (κ1) is 11.6. The van der Waals surface area contributed by atoms with Crippen LogP contribution in [0.1, 0.15) is 37.1 Å². The molecule has 0 saturated carbocycles. The Hall–Kier alpha value is -0.830. The van der Waals surface area contributed by atoms with Crippen LogP contribution in [0.15, 0.2) is 6.33 Å². The smallest absolute Gasteiger partial charge is 0.0951 e. The van der Waals surface area contributed by atoms with Gasteiger partial charge in [-0.1, -0.05) is 0 Å². The van der Waals surface area contributed by atoms with E-state index in [1.807, 2.05) is 6.33 Å². The second-order valence-corrected chi connectivity index (χ2v) is 4.86. The van der Waals surface area contributed by atoms with E-state index in [0.717, 1.165) is 6.54 Å². The van der Waals surface area contributed by atoms with Crippen molar-refractivity contribution in [1.82, 2.24) is 14.5 Å². The number of aryl methyl sites for hydroxylation is 2. The summed E-state index contributed by atoms with van der Waals surface area (Å²) in [6.45, 7) is 9.29. The van der Waals surface area contributed by atoms with Crippen LogP contribution in [0.4, 0.5) is 0 Å². The van der Waals surface area contributed by atoms with E-state index in [1.54, 1.807) is 0 Å². The summed E-state index contributed by atoms with van der Waals surface area (Å²) in [5.41, 5.74) is 2.49. The molecule has 3 nitrogen and oxygen atoms in total. The highest BCUT2D eigenvalue weighted by Crippen LogP contribution is 2.10. The lowest BCUT2D eigenvalue weighted by molar-refractivity contribution is 0.326. The van der Waals surface area contributed by atoms with E-state index in [2.05, 4.69) is 28.3 Å². The molecule has 90 valence electrons. The zero-order valence-electron chi connectivity index (χ0n) is 10.6. The lowest BCUT2D eigenvalue weighted by Gasteiger charge is -2.14. The number of hydrogen-bond donors (Lipinski definition) is 0. The summed E-state index contributed by atoms with van der Waals surface area (Å²) in [7, 11) is 0. The third-order valence-electron chi connectivity index (χ3n) is 3.67. The molecule has 0 radical (unpaired) electrons. The summed E-state index contributed by atoms with van der Waals surface area (Å²) in [4.78, 5) is 6.91. The largest absolute Gasteiger partial charge is 0.335 e. The molecule has 1 aromatic heterocycles. The van der Waals surface area contributed by atoms with E-state index in [-0.39, 0.29) is 0 Å². The molecule has 1 fully saturated rings. The fourth-order valence-electron chi connectivity index (χ4n) is 2.39. The number of nitrogens with zero attached hydrogens (tertiary/aromatic N) is 3. The standard InChI is InChI=1S/C13H23N3/c1-12-13(2)16(11-14-12)10-6-5-9-15-7-3-4-8-15/h11H,3-10H2,1-2H3. The monoisotopic (exact) mass is 221 g/mol. The van der Waals surface area contributed by atoms with Crippen LogP contribution in [0.2, 0.25) is 0 Å². The Morgan fingerprint density at radius 2 is 1.81 bits per heavy atom. The molecule has 0 aliphatic carbocycles. The van der Waals surface area contributed by atoms with Crippen molar-refractivity contribution in [1.29, 1.82) is 0 Å². The Morgan fingerprint density at radius 3 is 2.44 bits per heavy atom. The van der Waals surface area contributed by atoms with Gasteiger partial charge in [0.15, 0.2) is 0 Å². The fraction of sp³-hybridized carbons (Fsp3) is 0.769. The first-order valence-corrected chi connectivity index (χ1v) is 6.48. The molecule has 0 aromatic carbocycles. The summed E-state index contributed by atoms with van der Waals surface area (Å²) in [5.74, 6) is 0. The third kappa shape index (κ3) is 2.85. The maximum atomic E-state index is 4.32. The van der Waals surface area contributed by atoms with Crippen molar-refractivity contribution >= 4 is 0 Å². The van der Waals surface area contributed by atoms with Crippen molar-refractivity contribution < 1.29 is 0 Å². The van der Waals surface area contributed by atoms with E-state index >= 15 is 0 Å². The predicted octanol–water partition coefficient (Wildman–Crippen LogP) is 2.38. The maximum Gasteiger partial charge on any atom is 0.0951 e. The van der Waals surface area contributed by atoms with E-state index < -0.39 is 0 Å². The summed E-state index contributed by atoms with van der Waals surface area (Å²) in [6, 6.07) is 0. The lowest BCUT2D eigenvalue weighted by atomic mass is 10.3. The zero-order chi connectivity index (χ0) is 11.4. The Labute approximate surface area is 98.5 Å². The molecule has 16 heavy (non-hydrogen) atoms. The maximum absolute atomic E-state index is 4.32. The van der Waals surface area contributed by atoms with Gasteiger partial charge in [-0.3, -0.25) is 0 Å². The highest BCUT2D eigenvalue weighted by atomic mass is 15.1. The van der Waals surface area contributed by atoms with Crippen LogP contribution in [-0.2, 0) is 6.54 Å². The van der Waals surface area contributed by atoms with Gasteiger partial charge in [0.25, 0.3) is 0 Å². The molecule has 1 aromatic rings. The molecular formula is C13H23N3. The van der Waals surface area contributed by atoms with Crippen molar-refractivity contribution in [3.05, 3.63) is 17.7 Å². The summed E-state index contributed by atoms with van der Waals surface area (Å²) in [5, 5.41) is 0. The topological polar surface area (TPSA) is 21.1 Å². The molecule has 0 amide bonds. The molecule has 0 bridgehead atoms.